The second-order valence-electron chi connectivity index (χ2n) is 9.10. The van der Waals surface area contributed by atoms with E-state index < -0.39 is 19.3 Å². The monoisotopic (exact) mass is 363 g/mol. The molecule has 4 atom stereocenters. The SMILES string of the molecule is CC(CCOC(C)[P+](=O)O)OC(=O)C(C)(CC(C)(C)C)C(C)(C)C. The molecule has 0 aromatic rings. The summed E-state index contributed by atoms with van der Waals surface area (Å²) in [6.07, 6.45) is 0.922. The Morgan fingerprint density at radius 2 is 1.58 bits per heavy atom. The van der Waals surface area contributed by atoms with Crippen molar-refractivity contribution in [3.63, 3.8) is 0 Å². The molecule has 5 nitrogen and oxygen atoms in total. The summed E-state index contributed by atoms with van der Waals surface area (Å²) in [7, 11) is -2.34. The molecule has 0 saturated carbocycles. The molecular weight excluding hydrogens is 327 g/mol. The number of ether oxygens (including phenoxy) is 2. The van der Waals surface area contributed by atoms with Crippen LogP contribution >= 0.6 is 8.03 Å². The first-order valence-electron chi connectivity index (χ1n) is 8.58. The highest BCUT2D eigenvalue weighted by Gasteiger charge is 2.48. The minimum absolute atomic E-state index is 0.00918. The molecule has 0 aromatic carbocycles. The molecule has 24 heavy (non-hydrogen) atoms. The summed E-state index contributed by atoms with van der Waals surface area (Å²) in [5.74, 6) is -0.901. The third kappa shape index (κ3) is 7.58. The quantitative estimate of drug-likeness (QED) is 0.491. The van der Waals surface area contributed by atoms with Gasteiger partial charge in [0.05, 0.1) is 12.0 Å². The van der Waals surface area contributed by atoms with Crippen molar-refractivity contribution in [1.82, 2.24) is 0 Å². The predicted molar refractivity (Wildman–Crippen MR) is 97.0 cm³/mol. The molecule has 6 heteroatoms. The predicted octanol–water partition coefficient (Wildman–Crippen LogP) is 4.89. The summed E-state index contributed by atoms with van der Waals surface area (Å²) in [5.41, 5.74) is -0.811. The highest BCUT2D eigenvalue weighted by Crippen LogP contribution is 2.47. The Morgan fingerprint density at radius 3 is 1.96 bits per heavy atom. The van der Waals surface area contributed by atoms with Gasteiger partial charge in [0.25, 0.3) is 5.85 Å². The Labute approximate surface area is 148 Å². The molecule has 0 fully saturated rings. The van der Waals surface area contributed by atoms with Gasteiger partial charge in [-0.25, -0.2) is 0 Å². The van der Waals surface area contributed by atoms with E-state index in [-0.39, 0.29) is 29.5 Å². The second-order valence-corrected chi connectivity index (χ2v) is 10.4. The number of carbonyl (C=O) groups excluding carboxylic acids is 1. The molecule has 0 aromatic heterocycles. The van der Waals surface area contributed by atoms with Crippen LogP contribution in [0.3, 0.4) is 0 Å². The first-order valence-corrected chi connectivity index (χ1v) is 9.86. The molecule has 0 aliphatic heterocycles. The van der Waals surface area contributed by atoms with E-state index in [1.54, 1.807) is 6.92 Å². The summed E-state index contributed by atoms with van der Waals surface area (Å²) in [6, 6.07) is 0. The molecule has 4 unspecified atom stereocenters. The topological polar surface area (TPSA) is 72.8 Å². The van der Waals surface area contributed by atoms with Crippen LogP contribution in [0.4, 0.5) is 0 Å². The number of hydrogen-bond acceptors (Lipinski definition) is 4. The van der Waals surface area contributed by atoms with Gasteiger partial charge in [-0.3, -0.25) is 4.79 Å². The highest BCUT2D eigenvalue weighted by atomic mass is 31.1. The van der Waals surface area contributed by atoms with Crippen molar-refractivity contribution in [2.75, 3.05) is 6.61 Å². The van der Waals surface area contributed by atoms with Gasteiger partial charge in [-0.1, -0.05) is 41.5 Å². The van der Waals surface area contributed by atoms with E-state index in [0.717, 1.165) is 6.42 Å². The molecule has 142 valence electrons. The van der Waals surface area contributed by atoms with Crippen molar-refractivity contribution in [1.29, 1.82) is 0 Å². The fourth-order valence-corrected chi connectivity index (χ4v) is 2.78. The largest absolute Gasteiger partial charge is 0.537 e. The van der Waals surface area contributed by atoms with E-state index in [1.165, 1.54) is 0 Å². The molecule has 0 heterocycles. The van der Waals surface area contributed by atoms with Crippen LogP contribution < -0.4 is 0 Å². The Hall–Kier alpha value is -0.510. The fraction of sp³-hybridized carbons (Fsp3) is 0.944. The van der Waals surface area contributed by atoms with E-state index in [1.807, 2.05) is 13.8 Å². The average Bonchev–Trinajstić information content (AvgIpc) is 2.34. The zero-order valence-electron chi connectivity index (χ0n) is 16.8. The zero-order chi connectivity index (χ0) is 19.3. The van der Waals surface area contributed by atoms with Gasteiger partial charge in [-0.2, -0.15) is 4.89 Å². The first kappa shape index (κ1) is 23.5. The van der Waals surface area contributed by atoms with Crippen LogP contribution in [0, 0.1) is 16.2 Å². The number of rotatable bonds is 8. The fourth-order valence-electron chi connectivity index (χ4n) is 2.54. The summed E-state index contributed by atoms with van der Waals surface area (Å²) in [5, 5.41) is 0. The van der Waals surface area contributed by atoms with Crippen molar-refractivity contribution in [3.05, 3.63) is 0 Å². The number of carbonyl (C=O) groups is 1. The molecular formula is C18H36O5P+. The third-order valence-electron chi connectivity index (χ3n) is 4.49. The van der Waals surface area contributed by atoms with Gasteiger partial charge >= 0.3 is 14.0 Å². The summed E-state index contributed by atoms with van der Waals surface area (Å²) >= 11 is 0. The van der Waals surface area contributed by atoms with Gasteiger partial charge < -0.3 is 9.47 Å². The summed E-state index contributed by atoms with van der Waals surface area (Å²) < 4.78 is 21.8. The summed E-state index contributed by atoms with van der Waals surface area (Å²) in [6.45, 7) is 18.2. The lowest BCUT2D eigenvalue weighted by molar-refractivity contribution is -0.170. The Morgan fingerprint density at radius 1 is 1.08 bits per heavy atom. The molecule has 0 rings (SSSR count). The summed E-state index contributed by atoms with van der Waals surface area (Å²) in [4.78, 5) is 21.8. The van der Waals surface area contributed by atoms with E-state index in [9.17, 15) is 9.36 Å². The van der Waals surface area contributed by atoms with Gasteiger partial charge in [0.1, 0.15) is 6.10 Å². The highest BCUT2D eigenvalue weighted by molar-refractivity contribution is 7.38. The molecule has 0 saturated heterocycles. The number of hydrogen-bond donors (Lipinski definition) is 1. The maximum absolute atomic E-state index is 12.9. The van der Waals surface area contributed by atoms with Crippen molar-refractivity contribution in [2.24, 2.45) is 16.2 Å². The molecule has 0 aliphatic carbocycles. The third-order valence-corrected chi connectivity index (χ3v) is 5.26. The maximum atomic E-state index is 12.9. The van der Waals surface area contributed by atoms with Crippen LogP contribution in [-0.2, 0) is 18.8 Å². The van der Waals surface area contributed by atoms with Gasteiger partial charge in [0.2, 0.25) is 0 Å². The maximum Gasteiger partial charge on any atom is 0.537 e. The lowest BCUT2D eigenvalue weighted by atomic mass is 9.61. The van der Waals surface area contributed by atoms with Crippen LogP contribution in [0.5, 0.6) is 0 Å². The average molecular weight is 363 g/mol. The van der Waals surface area contributed by atoms with Crippen LogP contribution in [0.1, 0.15) is 75.2 Å². The Bertz CT molecular complexity index is 436. The van der Waals surface area contributed by atoms with Crippen LogP contribution in [0.2, 0.25) is 0 Å². The van der Waals surface area contributed by atoms with Crippen molar-refractivity contribution in [2.45, 2.75) is 87.1 Å². The molecule has 0 bridgehead atoms. The normalized spacial score (nSPS) is 18.5. The smallest absolute Gasteiger partial charge is 0.462 e. The van der Waals surface area contributed by atoms with Gasteiger partial charge in [-0.15, -0.1) is 0 Å². The van der Waals surface area contributed by atoms with Gasteiger partial charge in [0, 0.05) is 13.3 Å². The molecule has 1 N–H and O–H groups in total. The lowest BCUT2D eigenvalue weighted by Gasteiger charge is -2.43. The van der Waals surface area contributed by atoms with Crippen molar-refractivity contribution in [3.8, 4) is 0 Å². The Balaban J connectivity index is 4.81. The minimum Gasteiger partial charge on any atom is -0.462 e. The standard InChI is InChI=1S/C18H35O5P/c1-13(10-11-22-14(2)24(20)21)23-15(19)18(9,17(6,7)8)12-16(3,4)5/h13-14H,10-12H2,1-9H3/p+1. The van der Waals surface area contributed by atoms with E-state index >= 15 is 0 Å². The van der Waals surface area contributed by atoms with Crippen LogP contribution in [0.15, 0.2) is 0 Å². The molecule has 0 aliphatic rings. The van der Waals surface area contributed by atoms with Crippen molar-refractivity contribution >= 4 is 14.0 Å². The first-order chi connectivity index (χ1) is 10.6. The number of esters is 1. The van der Waals surface area contributed by atoms with E-state index in [4.69, 9.17) is 14.4 Å². The molecule has 0 spiro atoms. The molecule has 0 amide bonds. The zero-order valence-corrected chi connectivity index (χ0v) is 17.7. The van der Waals surface area contributed by atoms with Crippen LogP contribution in [0.25, 0.3) is 0 Å². The minimum atomic E-state index is -2.34. The Kier molecular flexibility index (Phi) is 8.55. The van der Waals surface area contributed by atoms with Crippen molar-refractivity contribution < 1.29 is 23.7 Å². The lowest BCUT2D eigenvalue weighted by Crippen LogP contribution is -2.45. The van der Waals surface area contributed by atoms with Gasteiger partial charge in [-0.05, 0) is 35.7 Å². The van der Waals surface area contributed by atoms with E-state index in [0.29, 0.717) is 6.42 Å². The molecule has 0 radical (unpaired) electrons. The second kappa shape index (κ2) is 8.73. The van der Waals surface area contributed by atoms with E-state index in [2.05, 4.69) is 41.5 Å². The van der Waals surface area contributed by atoms with Crippen LogP contribution in [-0.4, -0.2) is 29.4 Å². The van der Waals surface area contributed by atoms with Gasteiger partial charge in [0.15, 0.2) is 0 Å².